The highest BCUT2D eigenvalue weighted by atomic mass is 35.5. The highest BCUT2D eigenvalue weighted by Gasteiger charge is 2.27. The van der Waals surface area contributed by atoms with Gasteiger partial charge in [0.05, 0.1) is 0 Å². The van der Waals surface area contributed by atoms with Crippen molar-refractivity contribution in [2.75, 3.05) is 13.2 Å². The number of hydrogen-bond donors (Lipinski definition) is 2. The average molecular weight is 410 g/mol. The standard InChI is InChI=1S/C22H31NO2S.ClH/c1-16(2)17-9-11-20(12-10-17)25-15-19(24)14-23-22(18-6-3-4-7-18)21-8-5-13-26-21;/h5,8-13,16,18-19,22-24H,3-4,6-7,14-15H2,1-2H3;1H. The lowest BCUT2D eigenvalue weighted by molar-refractivity contribution is 0.101. The third kappa shape index (κ3) is 6.49. The molecule has 0 aliphatic heterocycles. The molecule has 1 aromatic heterocycles. The quantitative estimate of drug-likeness (QED) is 0.570. The van der Waals surface area contributed by atoms with Crippen molar-refractivity contribution in [1.82, 2.24) is 5.32 Å². The lowest BCUT2D eigenvalue weighted by Gasteiger charge is -2.25. The van der Waals surface area contributed by atoms with E-state index in [1.54, 1.807) is 0 Å². The molecule has 3 nitrogen and oxygen atoms in total. The van der Waals surface area contributed by atoms with Gasteiger partial charge < -0.3 is 15.2 Å². The second-order valence-corrected chi connectivity index (χ2v) is 8.61. The van der Waals surface area contributed by atoms with E-state index in [1.807, 2.05) is 23.5 Å². The van der Waals surface area contributed by atoms with Crippen LogP contribution in [0.4, 0.5) is 0 Å². The number of nitrogens with one attached hydrogen (secondary N) is 1. The van der Waals surface area contributed by atoms with E-state index in [0.29, 0.717) is 31.0 Å². The Labute approximate surface area is 173 Å². The molecule has 2 unspecified atom stereocenters. The van der Waals surface area contributed by atoms with Gasteiger partial charge in [0, 0.05) is 17.5 Å². The maximum Gasteiger partial charge on any atom is 0.119 e. The Balaban J connectivity index is 0.00000261. The molecule has 150 valence electrons. The molecule has 0 radical (unpaired) electrons. The molecule has 1 heterocycles. The molecule has 5 heteroatoms. The van der Waals surface area contributed by atoms with Crippen molar-refractivity contribution in [3.63, 3.8) is 0 Å². The number of aliphatic hydroxyl groups is 1. The van der Waals surface area contributed by atoms with Crippen molar-refractivity contribution in [2.45, 2.75) is 57.6 Å². The van der Waals surface area contributed by atoms with Gasteiger partial charge in [0.15, 0.2) is 0 Å². The Morgan fingerprint density at radius 2 is 1.85 bits per heavy atom. The van der Waals surface area contributed by atoms with Crippen molar-refractivity contribution in [3.8, 4) is 5.75 Å². The summed E-state index contributed by atoms with van der Waals surface area (Å²) >= 11 is 1.81. The van der Waals surface area contributed by atoms with Gasteiger partial charge in [-0.05, 0) is 53.8 Å². The zero-order valence-corrected chi connectivity index (χ0v) is 17.9. The van der Waals surface area contributed by atoms with Gasteiger partial charge in [-0.25, -0.2) is 0 Å². The Kier molecular flexibility index (Phi) is 9.10. The minimum absolute atomic E-state index is 0. The van der Waals surface area contributed by atoms with E-state index in [-0.39, 0.29) is 12.4 Å². The number of ether oxygens (including phenoxy) is 1. The van der Waals surface area contributed by atoms with Crippen LogP contribution >= 0.6 is 23.7 Å². The van der Waals surface area contributed by atoms with E-state index < -0.39 is 6.10 Å². The monoisotopic (exact) mass is 409 g/mol. The van der Waals surface area contributed by atoms with Crippen LogP contribution in [0.1, 0.15) is 61.9 Å². The molecule has 27 heavy (non-hydrogen) atoms. The summed E-state index contributed by atoms with van der Waals surface area (Å²) in [4.78, 5) is 1.38. The van der Waals surface area contributed by atoms with Crippen LogP contribution in [0.2, 0.25) is 0 Å². The molecule has 1 aromatic carbocycles. The highest BCUT2D eigenvalue weighted by Crippen LogP contribution is 2.37. The third-order valence-corrected chi connectivity index (χ3v) is 6.24. The predicted octanol–water partition coefficient (Wildman–Crippen LogP) is 5.55. The summed E-state index contributed by atoms with van der Waals surface area (Å²) < 4.78 is 5.76. The first-order valence-electron chi connectivity index (χ1n) is 9.81. The summed E-state index contributed by atoms with van der Waals surface area (Å²) in [5.74, 6) is 2.02. The van der Waals surface area contributed by atoms with E-state index in [0.717, 1.165) is 5.75 Å². The fourth-order valence-corrected chi connectivity index (χ4v) is 4.62. The van der Waals surface area contributed by atoms with Crippen molar-refractivity contribution in [1.29, 1.82) is 0 Å². The predicted molar refractivity (Wildman–Crippen MR) is 116 cm³/mol. The first kappa shape index (κ1) is 22.2. The number of aliphatic hydroxyl groups excluding tert-OH is 1. The van der Waals surface area contributed by atoms with Crippen LogP contribution < -0.4 is 10.1 Å². The van der Waals surface area contributed by atoms with Gasteiger partial charge in [-0.3, -0.25) is 0 Å². The summed E-state index contributed by atoms with van der Waals surface area (Å²) in [5, 5.41) is 16.1. The summed E-state index contributed by atoms with van der Waals surface area (Å²) in [6.07, 6.45) is 4.70. The number of rotatable bonds is 9. The van der Waals surface area contributed by atoms with Crippen molar-refractivity contribution < 1.29 is 9.84 Å². The second kappa shape index (κ2) is 11.1. The molecule has 0 saturated heterocycles. The molecule has 3 rings (SSSR count). The van der Waals surface area contributed by atoms with E-state index in [1.165, 1.54) is 36.1 Å². The second-order valence-electron chi connectivity index (χ2n) is 7.63. The van der Waals surface area contributed by atoms with Crippen LogP contribution in [0.5, 0.6) is 5.75 Å². The molecule has 1 aliphatic carbocycles. The molecule has 0 amide bonds. The van der Waals surface area contributed by atoms with Crippen molar-refractivity contribution in [2.24, 2.45) is 5.92 Å². The Bertz CT molecular complexity index is 639. The van der Waals surface area contributed by atoms with Crippen LogP contribution in [0, 0.1) is 5.92 Å². The largest absolute Gasteiger partial charge is 0.491 e. The smallest absolute Gasteiger partial charge is 0.119 e. The first-order valence-corrected chi connectivity index (χ1v) is 10.7. The molecule has 0 bridgehead atoms. The van der Waals surface area contributed by atoms with Crippen molar-refractivity contribution >= 4 is 23.7 Å². The molecule has 2 aromatic rings. The fraction of sp³-hybridized carbons (Fsp3) is 0.545. The minimum atomic E-state index is -0.511. The van der Waals surface area contributed by atoms with Crippen molar-refractivity contribution in [3.05, 3.63) is 52.2 Å². The maximum atomic E-state index is 10.4. The summed E-state index contributed by atoms with van der Waals surface area (Å²) in [6, 6.07) is 12.8. The summed E-state index contributed by atoms with van der Waals surface area (Å²) in [5.41, 5.74) is 1.30. The molecule has 0 spiro atoms. The molecule has 2 N–H and O–H groups in total. The maximum absolute atomic E-state index is 10.4. The van der Waals surface area contributed by atoms with Gasteiger partial charge in [-0.15, -0.1) is 23.7 Å². The molecule has 1 aliphatic rings. The number of benzene rings is 1. The van der Waals surface area contributed by atoms with E-state index in [2.05, 4.69) is 48.8 Å². The van der Waals surface area contributed by atoms with Crippen LogP contribution in [-0.2, 0) is 0 Å². The lowest BCUT2D eigenvalue weighted by Crippen LogP contribution is -2.36. The van der Waals surface area contributed by atoms with Crippen LogP contribution in [0.15, 0.2) is 41.8 Å². The van der Waals surface area contributed by atoms with E-state index in [4.69, 9.17) is 4.74 Å². The Morgan fingerprint density at radius 1 is 1.15 bits per heavy atom. The molecule has 1 saturated carbocycles. The van der Waals surface area contributed by atoms with Gasteiger partial charge in [0.25, 0.3) is 0 Å². The van der Waals surface area contributed by atoms with Gasteiger partial charge >= 0.3 is 0 Å². The lowest BCUT2D eigenvalue weighted by atomic mass is 9.96. The zero-order chi connectivity index (χ0) is 18.4. The van der Waals surface area contributed by atoms with Crippen LogP contribution in [0.25, 0.3) is 0 Å². The molecular weight excluding hydrogens is 378 g/mol. The zero-order valence-electron chi connectivity index (χ0n) is 16.3. The number of thiophene rings is 1. The highest BCUT2D eigenvalue weighted by molar-refractivity contribution is 7.10. The van der Waals surface area contributed by atoms with Crippen LogP contribution in [0.3, 0.4) is 0 Å². The van der Waals surface area contributed by atoms with E-state index >= 15 is 0 Å². The topological polar surface area (TPSA) is 41.5 Å². The minimum Gasteiger partial charge on any atom is -0.491 e. The van der Waals surface area contributed by atoms with Gasteiger partial charge in [0.1, 0.15) is 18.5 Å². The average Bonchev–Trinajstić information content (AvgIpc) is 3.35. The first-order chi connectivity index (χ1) is 12.6. The molecular formula is C22H32ClNO2S. The van der Waals surface area contributed by atoms with Gasteiger partial charge in [-0.2, -0.15) is 0 Å². The summed E-state index contributed by atoms with van der Waals surface area (Å²) in [6.45, 7) is 5.23. The number of halogens is 1. The van der Waals surface area contributed by atoms with E-state index in [9.17, 15) is 5.11 Å². The fourth-order valence-electron chi connectivity index (χ4n) is 3.72. The normalized spacial score (nSPS) is 16.9. The molecule has 2 atom stereocenters. The molecule has 1 fully saturated rings. The third-order valence-electron chi connectivity index (χ3n) is 5.28. The van der Waals surface area contributed by atoms with Gasteiger partial charge in [-0.1, -0.05) is 44.9 Å². The summed E-state index contributed by atoms with van der Waals surface area (Å²) in [7, 11) is 0. The van der Waals surface area contributed by atoms with Crippen LogP contribution in [-0.4, -0.2) is 24.4 Å². The Morgan fingerprint density at radius 3 is 2.44 bits per heavy atom. The SMILES string of the molecule is CC(C)c1ccc(OCC(O)CNC(c2cccs2)C2CCCC2)cc1.Cl. The van der Waals surface area contributed by atoms with Gasteiger partial charge in [0.2, 0.25) is 0 Å². The number of hydrogen-bond acceptors (Lipinski definition) is 4. The Hall–Kier alpha value is -1.07.